The van der Waals surface area contributed by atoms with Crippen molar-refractivity contribution in [3.05, 3.63) is 12.2 Å². The third-order valence-corrected chi connectivity index (χ3v) is 8.71. The van der Waals surface area contributed by atoms with Crippen LogP contribution in [-0.4, -0.2) is 30.7 Å². The molecule has 7 heteroatoms. The predicted molar refractivity (Wildman–Crippen MR) is 135 cm³/mol. The number of ether oxygens (including phenoxy) is 1. The molecule has 0 bridgehead atoms. The fourth-order valence-corrected chi connectivity index (χ4v) is 6.47. The quantitative estimate of drug-likeness (QED) is 0.0862. The van der Waals surface area contributed by atoms with Gasteiger partial charge in [0.2, 0.25) is 0 Å². The van der Waals surface area contributed by atoms with Gasteiger partial charge in [-0.3, -0.25) is 4.79 Å². The molecule has 0 radical (unpaired) electrons. The largest absolute Gasteiger partial charge is 0.469 e. The Morgan fingerprint density at radius 3 is 2.57 bits per heavy atom. The average molecular weight is 487 g/mol. The Labute approximate surface area is 196 Å². The van der Waals surface area contributed by atoms with E-state index in [1.54, 1.807) is 0 Å². The van der Waals surface area contributed by atoms with Crippen LogP contribution in [0.3, 0.4) is 0 Å². The molecular formula is C23H45ClO4P2. The molecule has 178 valence electrons. The second-order valence-electron chi connectivity index (χ2n) is 9.05. The molecule has 5 unspecified atom stereocenters. The summed E-state index contributed by atoms with van der Waals surface area (Å²) in [6.45, 7) is 2.29. The first-order valence-corrected chi connectivity index (χ1v) is 13.0. The zero-order valence-corrected chi connectivity index (χ0v) is 21.8. The summed E-state index contributed by atoms with van der Waals surface area (Å²) in [4.78, 5) is 11.2. The Morgan fingerprint density at radius 1 is 1.27 bits per heavy atom. The highest BCUT2D eigenvalue weighted by molar-refractivity contribution is 7.10. The standard InChI is InChI=1S/C23H41ClO4P2.2H2/c1-3-23(14-9-15-23)21(28-30)12-8-11-18-17(19(24)16-20(18)27-29)10-6-4-5-7-13-22(25)26-2;;/h8,11,17-21H,3-7,9-10,12-16,29-30H2,1-2H3;2*1H/b11-8+;;/t17-,18-,19?,20?,21?;;/m1../s1/i;2*1+2. The Kier molecular flexibility index (Phi) is 12.2. The van der Waals surface area contributed by atoms with E-state index in [0.29, 0.717) is 23.7 Å². The Hall–Kier alpha value is 0.280. The zero-order chi connectivity index (χ0) is 22.0. The minimum atomic E-state index is -0.114. The Bertz CT molecular complexity index is 547. The van der Waals surface area contributed by atoms with Crippen molar-refractivity contribution in [1.29, 1.82) is 0 Å². The van der Waals surface area contributed by atoms with Gasteiger partial charge in [-0.2, -0.15) is 0 Å². The van der Waals surface area contributed by atoms with Gasteiger partial charge in [-0.15, -0.1) is 11.6 Å². The summed E-state index contributed by atoms with van der Waals surface area (Å²) in [6.07, 6.45) is 17.8. The fourth-order valence-electron chi connectivity index (χ4n) is 5.31. The molecular weight excluding hydrogens is 438 g/mol. The molecule has 0 aromatic rings. The first-order chi connectivity index (χ1) is 14.5. The lowest BCUT2D eigenvalue weighted by Gasteiger charge is -2.46. The minimum absolute atomic E-state index is 0. The highest BCUT2D eigenvalue weighted by Gasteiger charge is 2.43. The summed E-state index contributed by atoms with van der Waals surface area (Å²) in [5, 5.41) is 0.155. The summed E-state index contributed by atoms with van der Waals surface area (Å²) < 4.78 is 16.2. The van der Waals surface area contributed by atoms with E-state index >= 15 is 0 Å². The molecule has 2 rings (SSSR count). The van der Waals surface area contributed by atoms with Crippen LogP contribution >= 0.6 is 30.5 Å². The van der Waals surface area contributed by atoms with Gasteiger partial charge in [0, 0.05) is 39.5 Å². The highest BCUT2D eigenvalue weighted by atomic mass is 35.5. The molecule has 0 spiro atoms. The Balaban J connectivity index is 0.00000480. The predicted octanol–water partition coefficient (Wildman–Crippen LogP) is 7.11. The van der Waals surface area contributed by atoms with Crippen LogP contribution in [0.4, 0.5) is 0 Å². The number of carbonyl (C=O) groups excluding carboxylic acids is 1. The smallest absolute Gasteiger partial charge is 0.305 e. The molecule has 2 aliphatic rings. The molecule has 7 atom stereocenters. The zero-order valence-electron chi connectivity index (χ0n) is 18.7. The van der Waals surface area contributed by atoms with Crippen LogP contribution in [0.1, 0.15) is 86.8 Å². The van der Waals surface area contributed by atoms with Crippen molar-refractivity contribution in [2.75, 3.05) is 7.11 Å². The number of methoxy groups -OCH3 is 1. The number of alkyl halides is 1. The second-order valence-corrected chi connectivity index (χ2v) is 10.2. The van der Waals surface area contributed by atoms with Crippen LogP contribution in [0.5, 0.6) is 0 Å². The molecule has 0 aromatic heterocycles. The van der Waals surface area contributed by atoms with Gasteiger partial charge in [0.05, 0.1) is 19.3 Å². The lowest BCUT2D eigenvalue weighted by Crippen LogP contribution is -2.40. The summed E-state index contributed by atoms with van der Waals surface area (Å²) in [6, 6.07) is 0. The molecule has 0 aromatic carbocycles. The highest BCUT2D eigenvalue weighted by Crippen LogP contribution is 2.49. The molecule has 0 saturated heterocycles. The van der Waals surface area contributed by atoms with E-state index in [2.05, 4.69) is 38.0 Å². The molecule has 0 amide bonds. The van der Waals surface area contributed by atoms with Crippen LogP contribution in [0.2, 0.25) is 0 Å². The van der Waals surface area contributed by atoms with E-state index in [-0.39, 0.29) is 26.4 Å². The van der Waals surface area contributed by atoms with Crippen molar-refractivity contribution in [3.8, 4) is 0 Å². The summed E-state index contributed by atoms with van der Waals surface area (Å²) in [5.41, 5.74) is 0.358. The van der Waals surface area contributed by atoms with Gasteiger partial charge in [-0.1, -0.05) is 44.8 Å². The molecule has 30 heavy (non-hydrogen) atoms. The topological polar surface area (TPSA) is 44.8 Å². The fraction of sp³-hybridized carbons (Fsp3) is 0.870. The number of hydrogen-bond acceptors (Lipinski definition) is 4. The summed E-state index contributed by atoms with van der Waals surface area (Å²) >= 11 is 6.73. The summed E-state index contributed by atoms with van der Waals surface area (Å²) in [7, 11) is 6.38. The van der Waals surface area contributed by atoms with Gasteiger partial charge in [-0.25, -0.2) is 0 Å². The first-order valence-electron chi connectivity index (χ1n) is 11.6. The minimum Gasteiger partial charge on any atom is -0.469 e. The SMILES string of the molecule is CCC1(C(C/C=C/[C@H]2C(OP)CC(Cl)[C@@H]2CCCCCCC(=O)OC)OP)CCC1.[3HH].[3HH]. The summed E-state index contributed by atoms with van der Waals surface area (Å²) in [5.74, 6) is 0.675. The number of rotatable bonds is 14. The van der Waals surface area contributed by atoms with Gasteiger partial charge in [0.25, 0.3) is 0 Å². The van der Waals surface area contributed by atoms with Crippen molar-refractivity contribution in [2.45, 2.75) is 102 Å². The molecule has 0 aliphatic heterocycles. The number of carbonyl (C=O) groups is 1. The van der Waals surface area contributed by atoms with Crippen molar-refractivity contribution in [1.82, 2.24) is 0 Å². The van der Waals surface area contributed by atoms with Crippen molar-refractivity contribution < 1.29 is 21.4 Å². The van der Waals surface area contributed by atoms with Crippen molar-refractivity contribution in [3.63, 3.8) is 0 Å². The van der Waals surface area contributed by atoms with Crippen LogP contribution in [0.15, 0.2) is 12.2 Å². The third-order valence-electron chi connectivity index (χ3n) is 7.53. The molecule has 2 saturated carbocycles. The van der Waals surface area contributed by atoms with Crippen LogP contribution in [-0.2, 0) is 18.6 Å². The molecule has 4 nitrogen and oxygen atoms in total. The average Bonchev–Trinajstić information content (AvgIpc) is 3.03. The number of unbranched alkanes of at least 4 members (excludes halogenated alkanes) is 3. The van der Waals surface area contributed by atoms with E-state index < -0.39 is 0 Å². The first kappa shape index (κ1) is 26.5. The third kappa shape index (κ3) is 7.14. The van der Waals surface area contributed by atoms with E-state index in [1.807, 2.05) is 0 Å². The molecule has 0 N–H and O–H groups in total. The van der Waals surface area contributed by atoms with Gasteiger partial charge < -0.3 is 13.8 Å². The van der Waals surface area contributed by atoms with Crippen LogP contribution < -0.4 is 0 Å². The van der Waals surface area contributed by atoms with Crippen molar-refractivity contribution in [2.24, 2.45) is 17.3 Å². The van der Waals surface area contributed by atoms with E-state index in [9.17, 15) is 4.79 Å². The monoisotopic (exact) mass is 486 g/mol. The molecule has 2 fully saturated rings. The second kappa shape index (κ2) is 13.7. The Morgan fingerprint density at radius 2 is 2.00 bits per heavy atom. The maximum atomic E-state index is 11.2. The van der Waals surface area contributed by atoms with Gasteiger partial charge in [-0.05, 0) is 56.3 Å². The van der Waals surface area contributed by atoms with Crippen LogP contribution in [0.25, 0.3) is 0 Å². The van der Waals surface area contributed by atoms with E-state index in [1.165, 1.54) is 32.8 Å². The van der Waals surface area contributed by atoms with E-state index in [0.717, 1.165) is 44.9 Å². The molecule has 0 heterocycles. The number of halogens is 1. The number of esters is 1. The van der Waals surface area contributed by atoms with Crippen molar-refractivity contribution >= 4 is 36.5 Å². The van der Waals surface area contributed by atoms with Gasteiger partial charge in [0.1, 0.15) is 0 Å². The lowest BCUT2D eigenvalue weighted by molar-refractivity contribution is -0.140. The number of hydrogen-bond donors (Lipinski definition) is 0. The maximum Gasteiger partial charge on any atom is 0.305 e. The van der Waals surface area contributed by atoms with Gasteiger partial charge in [0.15, 0.2) is 0 Å². The molecule has 2 aliphatic carbocycles. The maximum absolute atomic E-state index is 11.2. The van der Waals surface area contributed by atoms with Gasteiger partial charge >= 0.3 is 5.97 Å². The normalized spacial score (nSPS) is 29.1. The van der Waals surface area contributed by atoms with Crippen LogP contribution in [0, 0.1) is 17.3 Å². The van der Waals surface area contributed by atoms with E-state index in [4.69, 9.17) is 25.4 Å². The lowest BCUT2D eigenvalue weighted by atomic mass is 9.63.